The van der Waals surface area contributed by atoms with Gasteiger partial charge in [0.05, 0.1) is 30.6 Å². The lowest BCUT2D eigenvalue weighted by Gasteiger charge is -2.33. The molecule has 1 aliphatic heterocycles. The minimum Gasteiger partial charge on any atom is -0.495 e. The zero-order chi connectivity index (χ0) is 22.2. The molecule has 0 aliphatic carbocycles. The minimum absolute atomic E-state index is 0.0471. The summed E-state index contributed by atoms with van der Waals surface area (Å²) in [6, 6.07) is 9.05. The van der Waals surface area contributed by atoms with Crippen molar-refractivity contribution in [3.05, 3.63) is 52.9 Å². The summed E-state index contributed by atoms with van der Waals surface area (Å²) in [6.45, 7) is 6.57. The zero-order valence-corrected chi connectivity index (χ0v) is 18.4. The smallest absolute Gasteiger partial charge is 0.229 e. The van der Waals surface area contributed by atoms with Crippen molar-refractivity contribution in [2.24, 2.45) is 0 Å². The van der Waals surface area contributed by atoms with Gasteiger partial charge in [-0.25, -0.2) is 9.37 Å². The zero-order valence-electron chi connectivity index (χ0n) is 17.6. The van der Waals surface area contributed by atoms with Crippen molar-refractivity contribution < 1.29 is 13.9 Å². The Morgan fingerprint density at radius 1 is 1.19 bits per heavy atom. The molecule has 9 heteroatoms. The largest absolute Gasteiger partial charge is 0.495 e. The molecule has 0 spiro atoms. The van der Waals surface area contributed by atoms with Gasteiger partial charge < -0.3 is 25.4 Å². The van der Waals surface area contributed by atoms with Gasteiger partial charge >= 0.3 is 0 Å². The van der Waals surface area contributed by atoms with Gasteiger partial charge in [-0.1, -0.05) is 11.6 Å². The van der Waals surface area contributed by atoms with E-state index in [9.17, 15) is 4.39 Å². The molecule has 0 fully saturated rings. The highest BCUT2D eigenvalue weighted by molar-refractivity contribution is 6.32. The van der Waals surface area contributed by atoms with Crippen LogP contribution < -0.4 is 25.4 Å². The summed E-state index contributed by atoms with van der Waals surface area (Å²) in [5.41, 5.74) is 2.73. The molecule has 0 radical (unpaired) electrons. The van der Waals surface area contributed by atoms with E-state index in [1.807, 2.05) is 45.0 Å². The monoisotopic (exact) mass is 443 g/mol. The van der Waals surface area contributed by atoms with Crippen LogP contribution in [0, 0.1) is 12.7 Å². The Bertz CT molecular complexity index is 1120. The van der Waals surface area contributed by atoms with Crippen molar-refractivity contribution in [2.45, 2.75) is 26.4 Å². The maximum atomic E-state index is 14.4. The Morgan fingerprint density at radius 2 is 2.00 bits per heavy atom. The van der Waals surface area contributed by atoms with Gasteiger partial charge in [0, 0.05) is 11.4 Å². The predicted molar refractivity (Wildman–Crippen MR) is 121 cm³/mol. The highest BCUT2D eigenvalue weighted by Gasteiger charge is 2.26. The summed E-state index contributed by atoms with van der Waals surface area (Å²) in [4.78, 5) is 8.29. The highest BCUT2D eigenvalue weighted by atomic mass is 35.5. The summed E-state index contributed by atoms with van der Waals surface area (Å²) in [6.07, 6.45) is 1.11. The van der Waals surface area contributed by atoms with E-state index in [2.05, 4.69) is 25.9 Å². The quantitative estimate of drug-likeness (QED) is 0.469. The molecule has 3 N–H and O–H groups in total. The third kappa shape index (κ3) is 4.59. The third-order valence-corrected chi connectivity index (χ3v) is 5.05. The van der Waals surface area contributed by atoms with Crippen LogP contribution in [0.25, 0.3) is 0 Å². The minimum atomic E-state index is -0.572. The van der Waals surface area contributed by atoms with Crippen LogP contribution in [-0.2, 0) is 0 Å². The first kappa shape index (κ1) is 21.0. The number of anilines is 5. The molecule has 2 heterocycles. The number of aryl methyl sites for hydroxylation is 1. The number of fused-ring (bicyclic) bond motifs is 1. The van der Waals surface area contributed by atoms with Crippen LogP contribution in [0.15, 0.2) is 36.5 Å². The molecule has 0 atom stereocenters. The summed E-state index contributed by atoms with van der Waals surface area (Å²) in [5.74, 6) is 1.05. The fourth-order valence-corrected chi connectivity index (χ4v) is 3.66. The molecule has 4 rings (SSSR count). The molecule has 1 aromatic heterocycles. The van der Waals surface area contributed by atoms with Crippen molar-refractivity contribution >= 4 is 40.4 Å². The van der Waals surface area contributed by atoms with Gasteiger partial charge in [-0.15, -0.1) is 0 Å². The molecule has 0 saturated heterocycles. The predicted octanol–water partition coefficient (Wildman–Crippen LogP) is 5.66. The number of methoxy groups -OCH3 is 1. The summed E-state index contributed by atoms with van der Waals surface area (Å²) >= 11 is 6.25. The number of nitrogens with zero attached hydrogens (tertiary/aromatic N) is 2. The van der Waals surface area contributed by atoms with E-state index in [4.69, 9.17) is 21.1 Å². The lowest BCUT2D eigenvalue weighted by molar-refractivity contribution is 0.116. The van der Waals surface area contributed by atoms with E-state index in [1.54, 1.807) is 13.2 Å². The molecule has 1 aliphatic rings. The van der Waals surface area contributed by atoms with Crippen LogP contribution in [0.4, 0.5) is 33.2 Å². The first-order chi connectivity index (χ1) is 14.7. The number of hydrogen-bond acceptors (Lipinski definition) is 7. The fraction of sp³-hybridized carbons (Fsp3) is 0.273. The Balaban J connectivity index is 1.55. The van der Waals surface area contributed by atoms with Gasteiger partial charge in [0.1, 0.15) is 17.1 Å². The lowest BCUT2D eigenvalue weighted by Crippen LogP contribution is -2.39. The molecule has 0 bridgehead atoms. The van der Waals surface area contributed by atoms with E-state index in [-0.39, 0.29) is 17.4 Å². The van der Waals surface area contributed by atoms with Gasteiger partial charge in [-0.2, -0.15) is 4.98 Å². The number of aromatic nitrogens is 2. The molecule has 0 unspecified atom stereocenters. The van der Waals surface area contributed by atoms with Gasteiger partial charge in [0.25, 0.3) is 0 Å². The average molecular weight is 444 g/mol. The number of hydrogen-bond donors (Lipinski definition) is 3. The highest BCUT2D eigenvalue weighted by Crippen LogP contribution is 2.36. The molecule has 31 heavy (non-hydrogen) atoms. The number of ether oxygens (including phenoxy) is 2. The second-order valence-corrected chi connectivity index (χ2v) is 8.28. The molecular formula is C22H23ClFN5O2. The van der Waals surface area contributed by atoms with E-state index in [0.29, 0.717) is 28.7 Å². The fourth-order valence-electron chi connectivity index (χ4n) is 3.32. The van der Waals surface area contributed by atoms with Crippen LogP contribution in [0.2, 0.25) is 5.02 Å². The van der Waals surface area contributed by atoms with Gasteiger partial charge in [-0.05, 0) is 56.7 Å². The molecular weight excluding hydrogens is 421 g/mol. The molecule has 2 aromatic carbocycles. The maximum absolute atomic E-state index is 14.4. The van der Waals surface area contributed by atoms with Gasteiger partial charge in [-0.3, -0.25) is 0 Å². The van der Waals surface area contributed by atoms with Crippen LogP contribution in [0.1, 0.15) is 19.4 Å². The average Bonchev–Trinajstić information content (AvgIpc) is 2.70. The Labute approximate surface area is 185 Å². The van der Waals surface area contributed by atoms with Crippen LogP contribution in [-0.4, -0.2) is 29.2 Å². The van der Waals surface area contributed by atoms with Crippen molar-refractivity contribution in [3.63, 3.8) is 0 Å². The van der Waals surface area contributed by atoms with Gasteiger partial charge in [0.2, 0.25) is 5.95 Å². The van der Waals surface area contributed by atoms with Crippen molar-refractivity contribution in [1.82, 2.24) is 9.97 Å². The molecule has 0 saturated carbocycles. The number of nitrogens with one attached hydrogen (secondary N) is 3. The van der Waals surface area contributed by atoms with E-state index in [0.717, 1.165) is 23.2 Å². The standard InChI is InChI=1S/C22H23ClFN5O2/c1-12-7-14(8-15(23)19(12)30-4)28-21-25-10-16(24)20(29-21)27-13-5-6-18-17(9-13)26-11-22(2,3)31-18/h5-10,26H,11H2,1-4H3,(H2,25,27,28,29). The van der Waals surface area contributed by atoms with E-state index in [1.165, 1.54) is 0 Å². The summed E-state index contributed by atoms with van der Waals surface area (Å²) in [5, 5.41) is 9.84. The van der Waals surface area contributed by atoms with Crippen molar-refractivity contribution in [1.29, 1.82) is 0 Å². The Hall–Kier alpha value is -3.26. The van der Waals surface area contributed by atoms with Crippen molar-refractivity contribution in [2.75, 3.05) is 29.6 Å². The SMILES string of the molecule is COc1c(C)cc(Nc2ncc(F)c(Nc3ccc4c(c3)NCC(C)(C)O4)n2)cc1Cl. The lowest BCUT2D eigenvalue weighted by atomic mass is 10.1. The maximum Gasteiger partial charge on any atom is 0.229 e. The van der Waals surface area contributed by atoms with Crippen LogP contribution >= 0.6 is 11.6 Å². The molecule has 7 nitrogen and oxygen atoms in total. The van der Waals surface area contributed by atoms with Gasteiger partial charge in [0.15, 0.2) is 11.6 Å². The Kier molecular flexibility index (Phi) is 5.49. The first-order valence-electron chi connectivity index (χ1n) is 9.72. The normalized spacial score (nSPS) is 14.1. The number of benzene rings is 2. The van der Waals surface area contributed by atoms with Crippen LogP contribution in [0.5, 0.6) is 11.5 Å². The first-order valence-corrected chi connectivity index (χ1v) is 10.1. The molecule has 162 valence electrons. The van der Waals surface area contributed by atoms with Crippen molar-refractivity contribution in [3.8, 4) is 11.5 Å². The number of rotatable bonds is 5. The summed E-state index contributed by atoms with van der Waals surface area (Å²) in [7, 11) is 1.56. The molecule has 0 amide bonds. The molecule has 3 aromatic rings. The summed E-state index contributed by atoms with van der Waals surface area (Å²) < 4.78 is 25.6. The third-order valence-electron chi connectivity index (χ3n) is 4.77. The Morgan fingerprint density at radius 3 is 2.74 bits per heavy atom. The van der Waals surface area contributed by atoms with E-state index < -0.39 is 5.82 Å². The van der Waals surface area contributed by atoms with Crippen LogP contribution in [0.3, 0.4) is 0 Å². The topological polar surface area (TPSA) is 80.3 Å². The van der Waals surface area contributed by atoms with E-state index >= 15 is 0 Å². The second kappa shape index (κ2) is 8.11. The second-order valence-electron chi connectivity index (χ2n) is 7.87. The number of halogens is 2.